The summed E-state index contributed by atoms with van der Waals surface area (Å²) in [4.78, 5) is 14.6. The monoisotopic (exact) mass is 344 g/mol. The van der Waals surface area contributed by atoms with Crippen molar-refractivity contribution in [3.63, 3.8) is 0 Å². The number of urea groups is 1. The van der Waals surface area contributed by atoms with Crippen LogP contribution in [0.4, 0.5) is 10.5 Å². The topological polar surface area (TPSA) is 52.6 Å². The standard InChI is InChI=1S/C19H21ClN2O2/c20-15-8-6-14(7-9-15)13-22(17-10-11-18(23)12-17)19(24)21-16-4-2-1-3-5-16/h1-9,17-18,23H,10-13H2,(H,21,24)/t17-,18+/m0/s1. The molecule has 2 aromatic carbocycles. The fourth-order valence-corrected chi connectivity index (χ4v) is 3.21. The first-order valence-electron chi connectivity index (χ1n) is 8.17. The quantitative estimate of drug-likeness (QED) is 0.869. The molecule has 0 aromatic heterocycles. The molecule has 0 heterocycles. The van der Waals surface area contributed by atoms with Crippen LogP contribution < -0.4 is 5.32 Å². The van der Waals surface area contributed by atoms with Gasteiger partial charge >= 0.3 is 6.03 Å². The minimum absolute atomic E-state index is 0.0411. The lowest BCUT2D eigenvalue weighted by Crippen LogP contribution is -2.41. The molecule has 1 fully saturated rings. The van der Waals surface area contributed by atoms with Crippen molar-refractivity contribution in [3.8, 4) is 0 Å². The maximum Gasteiger partial charge on any atom is 0.322 e. The summed E-state index contributed by atoms with van der Waals surface area (Å²) < 4.78 is 0. The largest absolute Gasteiger partial charge is 0.393 e. The molecule has 2 aromatic rings. The molecular weight excluding hydrogens is 324 g/mol. The van der Waals surface area contributed by atoms with Crippen molar-refractivity contribution >= 4 is 23.3 Å². The first-order chi connectivity index (χ1) is 11.6. The van der Waals surface area contributed by atoms with Crippen LogP contribution in [-0.2, 0) is 6.54 Å². The zero-order chi connectivity index (χ0) is 16.9. The second-order valence-corrected chi connectivity index (χ2v) is 6.61. The highest BCUT2D eigenvalue weighted by atomic mass is 35.5. The minimum atomic E-state index is -0.327. The average molecular weight is 345 g/mol. The number of hydrogen-bond acceptors (Lipinski definition) is 2. The van der Waals surface area contributed by atoms with Gasteiger partial charge in [0.2, 0.25) is 0 Å². The van der Waals surface area contributed by atoms with Gasteiger partial charge in [-0.1, -0.05) is 41.9 Å². The molecule has 0 bridgehead atoms. The first-order valence-corrected chi connectivity index (χ1v) is 8.55. The summed E-state index contributed by atoms with van der Waals surface area (Å²) in [7, 11) is 0. The summed E-state index contributed by atoms with van der Waals surface area (Å²) >= 11 is 5.94. The summed E-state index contributed by atoms with van der Waals surface area (Å²) in [5.74, 6) is 0. The fourth-order valence-electron chi connectivity index (χ4n) is 3.09. The Morgan fingerprint density at radius 1 is 1.12 bits per heavy atom. The van der Waals surface area contributed by atoms with E-state index in [1.807, 2.05) is 59.5 Å². The number of para-hydroxylation sites is 1. The van der Waals surface area contributed by atoms with Crippen LogP contribution in [0.1, 0.15) is 24.8 Å². The lowest BCUT2D eigenvalue weighted by Gasteiger charge is -2.29. The number of hydrogen-bond donors (Lipinski definition) is 2. The molecule has 2 amide bonds. The van der Waals surface area contributed by atoms with Crippen LogP contribution in [0.2, 0.25) is 5.02 Å². The zero-order valence-electron chi connectivity index (χ0n) is 13.4. The highest BCUT2D eigenvalue weighted by Crippen LogP contribution is 2.26. The van der Waals surface area contributed by atoms with Crippen LogP contribution in [0.3, 0.4) is 0 Å². The maximum atomic E-state index is 12.8. The van der Waals surface area contributed by atoms with Gasteiger partial charge in [-0.3, -0.25) is 0 Å². The SMILES string of the molecule is O=C(Nc1ccccc1)N(Cc1ccc(Cl)cc1)[C@H]1CC[C@@H](O)C1. The Hall–Kier alpha value is -2.04. The van der Waals surface area contributed by atoms with Gasteiger partial charge in [0.1, 0.15) is 0 Å². The number of nitrogens with zero attached hydrogens (tertiary/aromatic N) is 1. The summed E-state index contributed by atoms with van der Waals surface area (Å²) in [6.07, 6.45) is 1.85. The Kier molecular flexibility index (Phi) is 5.38. The highest BCUT2D eigenvalue weighted by molar-refractivity contribution is 6.30. The number of nitrogens with one attached hydrogen (secondary N) is 1. The van der Waals surface area contributed by atoms with Gasteiger partial charge in [-0.2, -0.15) is 0 Å². The van der Waals surface area contributed by atoms with E-state index in [-0.39, 0.29) is 18.2 Å². The van der Waals surface area contributed by atoms with E-state index in [2.05, 4.69) is 5.32 Å². The van der Waals surface area contributed by atoms with Gasteiger partial charge in [0, 0.05) is 23.3 Å². The molecule has 3 rings (SSSR count). The average Bonchev–Trinajstić information content (AvgIpc) is 3.01. The number of carbonyl (C=O) groups excluding carboxylic acids is 1. The maximum absolute atomic E-state index is 12.8. The van der Waals surface area contributed by atoms with Crippen LogP contribution >= 0.6 is 11.6 Å². The molecule has 2 atom stereocenters. The Morgan fingerprint density at radius 3 is 2.46 bits per heavy atom. The van der Waals surface area contributed by atoms with Crippen LogP contribution in [0.5, 0.6) is 0 Å². The molecule has 0 saturated heterocycles. The number of halogens is 1. The highest BCUT2D eigenvalue weighted by Gasteiger charge is 2.31. The number of aliphatic hydroxyl groups is 1. The number of rotatable bonds is 4. The third-order valence-electron chi connectivity index (χ3n) is 4.37. The molecule has 2 N–H and O–H groups in total. The van der Waals surface area contributed by atoms with Crippen molar-refractivity contribution in [2.45, 2.75) is 38.0 Å². The molecule has 126 valence electrons. The van der Waals surface area contributed by atoms with Gasteiger partial charge in [0.05, 0.1) is 6.10 Å². The van der Waals surface area contributed by atoms with Gasteiger partial charge in [-0.05, 0) is 49.1 Å². The molecule has 0 spiro atoms. The number of anilines is 1. The van der Waals surface area contributed by atoms with Crippen LogP contribution in [-0.4, -0.2) is 28.2 Å². The summed E-state index contributed by atoms with van der Waals surface area (Å²) in [6.45, 7) is 0.493. The van der Waals surface area contributed by atoms with Gasteiger partial charge in [-0.25, -0.2) is 4.79 Å². The van der Waals surface area contributed by atoms with Gasteiger partial charge in [-0.15, -0.1) is 0 Å². The van der Waals surface area contributed by atoms with E-state index in [9.17, 15) is 9.90 Å². The minimum Gasteiger partial charge on any atom is -0.393 e. The van der Waals surface area contributed by atoms with Gasteiger partial charge < -0.3 is 15.3 Å². The smallest absolute Gasteiger partial charge is 0.322 e. The van der Waals surface area contributed by atoms with Gasteiger partial charge in [0.15, 0.2) is 0 Å². The van der Waals surface area contributed by atoms with Crippen LogP contribution in [0.15, 0.2) is 54.6 Å². The Balaban J connectivity index is 1.76. The molecule has 0 radical (unpaired) electrons. The van der Waals surface area contributed by atoms with E-state index >= 15 is 0 Å². The second kappa shape index (κ2) is 7.69. The lowest BCUT2D eigenvalue weighted by molar-refractivity contribution is 0.156. The van der Waals surface area contributed by atoms with E-state index in [0.29, 0.717) is 18.0 Å². The molecule has 1 saturated carbocycles. The van der Waals surface area contributed by atoms with Crippen molar-refractivity contribution in [1.29, 1.82) is 0 Å². The van der Waals surface area contributed by atoms with E-state index in [1.165, 1.54) is 0 Å². The molecule has 5 heteroatoms. The normalized spacial score (nSPS) is 19.9. The number of aliphatic hydroxyl groups excluding tert-OH is 1. The molecule has 0 unspecified atom stereocenters. The second-order valence-electron chi connectivity index (χ2n) is 6.17. The van der Waals surface area contributed by atoms with Crippen LogP contribution in [0.25, 0.3) is 0 Å². The van der Waals surface area contributed by atoms with E-state index in [0.717, 1.165) is 24.1 Å². The van der Waals surface area contributed by atoms with Crippen molar-refractivity contribution < 1.29 is 9.90 Å². The summed E-state index contributed by atoms with van der Waals surface area (Å²) in [5.41, 5.74) is 1.78. The van der Waals surface area contributed by atoms with E-state index in [1.54, 1.807) is 0 Å². The first kappa shape index (κ1) is 16.8. The van der Waals surface area contributed by atoms with Gasteiger partial charge in [0.25, 0.3) is 0 Å². The zero-order valence-corrected chi connectivity index (χ0v) is 14.1. The van der Waals surface area contributed by atoms with Crippen molar-refractivity contribution in [1.82, 2.24) is 4.90 Å². The molecule has 0 aliphatic heterocycles. The predicted molar refractivity (Wildman–Crippen MR) is 96.1 cm³/mol. The molecule has 24 heavy (non-hydrogen) atoms. The number of carbonyl (C=O) groups is 1. The summed E-state index contributed by atoms with van der Waals surface area (Å²) in [5, 5.41) is 13.5. The van der Waals surface area contributed by atoms with Crippen molar-refractivity contribution in [2.75, 3.05) is 5.32 Å². The molecule has 1 aliphatic rings. The van der Waals surface area contributed by atoms with Crippen molar-refractivity contribution in [3.05, 3.63) is 65.2 Å². The molecular formula is C19H21ClN2O2. The summed E-state index contributed by atoms with van der Waals surface area (Å²) in [6, 6.07) is 16.8. The molecule has 1 aliphatic carbocycles. The third-order valence-corrected chi connectivity index (χ3v) is 4.62. The van der Waals surface area contributed by atoms with E-state index < -0.39 is 0 Å². The van der Waals surface area contributed by atoms with Crippen molar-refractivity contribution in [2.24, 2.45) is 0 Å². The lowest BCUT2D eigenvalue weighted by atomic mass is 10.1. The fraction of sp³-hybridized carbons (Fsp3) is 0.316. The van der Waals surface area contributed by atoms with E-state index in [4.69, 9.17) is 11.6 Å². The Morgan fingerprint density at radius 2 is 1.83 bits per heavy atom. The number of benzene rings is 2. The molecule has 4 nitrogen and oxygen atoms in total. The van der Waals surface area contributed by atoms with Crippen LogP contribution in [0, 0.1) is 0 Å². The number of amides is 2. The Bertz CT molecular complexity index is 676. The third kappa shape index (κ3) is 4.28. The Labute approximate surface area is 147 Å². The predicted octanol–water partition coefficient (Wildman–Crippen LogP) is 4.29.